The molecule has 31 heavy (non-hydrogen) atoms. The lowest BCUT2D eigenvalue weighted by atomic mass is 10.2. The van der Waals surface area contributed by atoms with Crippen molar-refractivity contribution in [1.29, 1.82) is 0 Å². The Kier molecular flexibility index (Phi) is 7.19. The average Bonchev–Trinajstić information content (AvgIpc) is 3.27. The molecular weight excluding hydrogens is 450 g/mol. The van der Waals surface area contributed by atoms with Crippen LogP contribution < -0.4 is 10.1 Å². The Morgan fingerprint density at radius 1 is 0.968 bits per heavy atom. The molecule has 1 heterocycles. The molecule has 0 aliphatic rings. The maximum atomic E-state index is 12.5. The highest BCUT2D eigenvalue weighted by molar-refractivity contribution is 7.99. The summed E-state index contributed by atoms with van der Waals surface area (Å²) in [7, 11) is 0. The summed E-state index contributed by atoms with van der Waals surface area (Å²) in [6, 6.07) is 24.6. The zero-order valence-corrected chi connectivity index (χ0v) is 18.7. The van der Waals surface area contributed by atoms with Crippen LogP contribution in [0.5, 0.6) is 5.75 Å². The first-order valence-electron chi connectivity index (χ1n) is 9.49. The molecule has 0 radical (unpaired) electrons. The van der Waals surface area contributed by atoms with Gasteiger partial charge in [0.05, 0.1) is 6.61 Å². The number of amides is 1. The lowest BCUT2D eigenvalue weighted by Crippen LogP contribution is -2.11. The van der Waals surface area contributed by atoms with Crippen LogP contribution in [0.25, 0.3) is 10.6 Å². The van der Waals surface area contributed by atoms with E-state index in [1.807, 2.05) is 30.3 Å². The number of hydrogen-bond acceptors (Lipinski definition) is 6. The van der Waals surface area contributed by atoms with Gasteiger partial charge < -0.3 is 4.74 Å². The smallest absolute Gasteiger partial charge is 0.257 e. The van der Waals surface area contributed by atoms with Crippen LogP contribution in [0.3, 0.4) is 0 Å². The molecule has 156 valence electrons. The predicted molar refractivity (Wildman–Crippen MR) is 127 cm³/mol. The van der Waals surface area contributed by atoms with E-state index in [2.05, 4.69) is 27.6 Å². The molecule has 0 spiro atoms. The minimum Gasteiger partial charge on any atom is -0.493 e. The Morgan fingerprint density at radius 2 is 1.71 bits per heavy atom. The molecule has 1 amide bonds. The standard InChI is InChI=1S/C23H18ClN3O2S2/c24-18-10-6-17(7-11-18)22-26-27-23(31-22)25-21(28)16-8-12-19(13-9-16)29-14-15-30-20-4-2-1-3-5-20/h1-13H,14-15H2,(H,25,27,28). The fourth-order valence-electron chi connectivity index (χ4n) is 2.69. The van der Waals surface area contributed by atoms with Crippen molar-refractivity contribution < 1.29 is 9.53 Å². The maximum Gasteiger partial charge on any atom is 0.257 e. The molecule has 8 heteroatoms. The molecule has 0 fully saturated rings. The number of aromatic nitrogens is 2. The van der Waals surface area contributed by atoms with Crippen molar-refractivity contribution in [3.05, 3.63) is 89.4 Å². The van der Waals surface area contributed by atoms with Crippen LogP contribution in [-0.4, -0.2) is 28.5 Å². The molecule has 0 unspecified atom stereocenters. The van der Waals surface area contributed by atoms with E-state index in [-0.39, 0.29) is 5.91 Å². The first kappa shape index (κ1) is 21.4. The van der Waals surface area contributed by atoms with Crippen molar-refractivity contribution >= 4 is 45.7 Å². The topological polar surface area (TPSA) is 64.1 Å². The van der Waals surface area contributed by atoms with Crippen molar-refractivity contribution in [2.24, 2.45) is 0 Å². The third-order valence-corrected chi connectivity index (χ3v) is 6.33. The second kappa shape index (κ2) is 10.4. The van der Waals surface area contributed by atoms with Gasteiger partial charge in [0.15, 0.2) is 0 Å². The van der Waals surface area contributed by atoms with Crippen molar-refractivity contribution in [3.8, 4) is 16.3 Å². The van der Waals surface area contributed by atoms with Crippen LogP contribution in [0.15, 0.2) is 83.8 Å². The van der Waals surface area contributed by atoms with Crippen LogP contribution in [0, 0.1) is 0 Å². The zero-order valence-electron chi connectivity index (χ0n) is 16.3. The first-order valence-corrected chi connectivity index (χ1v) is 11.7. The quantitative estimate of drug-likeness (QED) is 0.244. The van der Waals surface area contributed by atoms with Gasteiger partial charge in [-0.25, -0.2) is 0 Å². The summed E-state index contributed by atoms with van der Waals surface area (Å²) in [6.45, 7) is 0.587. The number of nitrogens with zero attached hydrogens (tertiary/aromatic N) is 2. The van der Waals surface area contributed by atoms with Crippen molar-refractivity contribution in [3.63, 3.8) is 0 Å². The average molecular weight is 468 g/mol. The Balaban J connectivity index is 1.28. The van der Waals surface area contributed by atoms with E-state index in [4.69, 9.17) is 16.3 Å². The van der Waals surface area contributed by atoms with E-state index in [1.54, 1.807) is 48.2 Å². The summed E-state index contributed by atoms with van der Waals surface area (Å²) in [5, 5.41) is 12.8. The van der Waals surface area contributed by atoms with E-state index in [0.29, 0.717) is 27.3 Å². The number of benzene rings is 3. The van der Waals surface area contributed by atoms with Gasteiger partial charge in [-0.2, -0.15) is 0 Å². The SMILES string of the molecule is O=C(Nc1nnc(-c2ccc(Cl)cc2)s1)c1ccc(OCCSc2ccccc2)cc1. The summed E-state index contributed by atoms with van der Waals surface area (Å²) >= 11 is 8.96. The highest BCUT2D eigenvalue weighted by Gasteiger charge is 2.11. The van der Waals surface area contributed by atoms with Gasteiger partial charge in [0.2, 0.25) is 5.13 Å². The maximum absolute atomic E-state index is 12.5. The van der Waals surface area contributed by atoms with Gasteiger partial charge >= 0.3 is 0 Å². The van der Waals surface area contributed by atoms with Crippen LogP contribution in [0.2, 0.25) is 5.02 Å². The minimum absolute atomic E-state index is 0.245. The fraction of sp³-hybridized carbons (Fsp3) is 0.0870. The molecule has 0 aliphatic heterocycles. The normalized spacial score (nSPS) is 10.6. The Hall–Kier alpha value is -2.87. The number of halogens is 1. The lowest BCUT2D eigenvalue weighted by Gasteiger charge is -2.07. The van der Waals surface area contributed by atoms with Gasteiger partial charge in [-0.1, -0.05) is 53.3 Å². The second-order valence-electron chi connectivity index (χ2n) is 6.41. The molecule has 0 atom stereocenters. The van der Waals surface area contributed by atoms with E-state index >= 15 is 0 Å². The number of carbonyl (C=O) groups excluding carboxylic acids is 1. The second-order valence-corrected chi connectivity index (χ2v) is 8.99. The molecule has 0 saturated heterocycles. The number of nitrogens with one attached hydrogen (secondary N) is 1. The summed E-state index contributed by atoms with van der Waals surface area (Å²) in [5.41, 5.74) is 1.42. The Morgan fingerprint density at radius 3 is 2.45 bits per heavy atom. The molecule has 0 saturated carbocycles. The fourth-order valence-corrected chi connectivity index (χ4v) is 4.31. The van der Waals surface area contributed by atoms with Gasteiger partial charge in [-0.05, 0) is 48.5 Å². The van der Waals surface area contributed by atoms with E-state index in [0.717, 1.165) is 17.1 Å². The first-order chi connectivity index (χ1) is 15.2. The van der Waals surface area contributed by atoms with Gasteiger partial charge in [0.1, 0.15) is 10.8 Å². The van der Waals surface area contributed by atoms with Crippen LogP contribution in [0.1, 0.15) is 10.4 Å². The van der Waals surface area contributed by atoms with Crippen LogP contribution >= 0.6 is 34.7 Å². The Labute approximate surface area is 193 Å². The summed E-state index contributed by atoms with van der Waals surface area (Å²) in [6.07, 6.45) is 0. The lowest BCUT2D eigenvalue weighted by molar-refractivity contribution is 0.102. The number of carbonyl (C=O) groups is 1. The van der Waals surface area contributed by atoms with Gasteiger partial charge in [0, 0.05) is 26.8 Å². The molecule has 3 aromatic carbocycles. The molecule has 0 aliphatic carbocycles. The molecule has 1 aromatic heterocycles. The minimum atomic E-state index is -0.245. The summed E-state index contributed by atoms with van der Waals surface area (Å²) in [4.78, 5) is 13.7. The third kappa shape index (κ3) is 6.07. The van der Waals surface area contributed by atoms with Crippen LogP contribution in [-0.2, 0) is 0 Å². The van der Waals surface area contributed by atoms with Crippen LogP contribution in [0.4, 0.5) is 5.13 Å². The predicted octanol–water partition coefficient (Wildman–Crippen LogP) is 6.28. The molecule has 5 nitrogen and oxygen atoms in total. The number of ether oxygens (including phenoxy) is 1. The largest absolute Gasteiger partial charge is 0.493 e. The molecule has 0 bridgehead atoms. The number of anilines is 1. The molecular formula is C23H18ClN3O2S2. The van der Waals surface area contributed by atoms with E-state index < -0.39 is 0 Å². The highest BCUT2D eigenvalue weighted by atomic mass is 35.5. The highest BCUT2D eigenvalue weighted by Crippen LogP contribution is 2.27. The van der Waals surface area contributed by atoms with E-state index in [9.17, 15) is 4.79 Å². The molecule has 1 N–H and O–H groups in total. The number of hydrogen-bond donors (Lipinski definition) is 1. The zero-order chi connectivity index (χ0) is 21.5. The van der Waals surface area contributed by atoms with Gasteiger partial charge in [-0.3, -0.25) is 10.1 Å². The molecule has 4 aromatic rings. The number of rotatable bonds is 8. The van der Waals surface area contributed by atoms with Crippen molar-refractivity contribution in [2.75, 3.05) is 17.7 Å². The number of thioether (sulfide) groups is 1. The van der Waals surface area contributed by atoms with Crippen molar-refractivity contribution in [1.82, 2.24) is 10.2 Å². The van der Waals surface area contributed by atoms with Crippen molar-refractivity contribution in [2.45, 2.75) is 4.90 Å². The Bertz CT molecular complexity index is 1130. The van der Waals surface area contributed by atoms with E-state index in [1.165, 1.54) is 16.2 Å². The summed E-state index contributed by atoms with van der Waals surface area (Å²) < 4.78 is 5.76. The van der Waals surface area contributed by atoms with Gasteiger partial charge in [0.25, 0.3) is 5.91 Å². The summed E-state index contributed by atoms with van der Waals surface area (Å²) in [5.74, 6) is 1.33. The molecule has 4 rings (SSSR count). The monoisotopic (exact) mass is 467 g/mol. The van der Waals surface area contributed by atoms with Gasteiger partial charge in [-0.15, -0.1) is 22.0 Å². The third-order valence-electron chi connectivity index (χ3n) is 4.22.